The molecule has 0 amide bonds. The molecule has 0 aromatic heterocycles. The average Bonchev–Trinajstić information content (AvgIpc) is 2.97. The molecule has 2 aliphatic rings. The van der Waals surface area contributed by atoms with E-state index in [1.165, 1.54) is 0 Å². The predicted octanol–water partition coefficient (Wildman–Crippen LogP) is 3.22. The van der Waals surface area contributed by atoms with Gasteiger partial charge in [-0.15, -0.1) is 0 Å². The number of benzene rings is 2. The Kier molecular flexibility index (Phi) is 3.73. The Bertz CT molecular complexity index is 753. The SMILES string of the molecule is COc1ccc(-c2ccc3c(c2)OC2(CCNCC2)O3)c(OC)c1. The first-order valence-electron chi connectivity index (χ1n) is 8.18. The Morgan fingerprint density at radius 1 is 0.917 bits per heavy atom. The standard InChI is InChI=1S/C19H21NO4/c1-21-14-4-5-15(17(12-14)22-2)13-3-6-16-18(11-13)24-19(23-16)7-9-20-10-8-19/h3-6,11-12,20H,7-10H2,1-2H3. The minimum atomic E-state index is -0.504. The minimum absolute atomic E-state index is 0.504. The molecule has 126 valence electrons. The molecule has 0 unspecified atom stereocenters. The van der Waals surface area contributed by atoms with Gasteiger partial charge in [0, 0.05) is 37.6 Å². The number of ether oxygens (including phenoxy) is 4. The molecule has 2 aromatic rings. The maximum atomic E-state index is 6.19. The lowest BCUT2D eigenvalue weighted by Gasteiger charge is -2.31. The fourth-order valence-electron chi connectivity index (χ4n) is 3.31. The number of hydrogen-bond acceptors (Lipinski definition) is 5. The summed E-state index contributed by atoms with van der Waals surface area (Å²) in [7, 11) is 3.31. The Balaban J connectivity index is 1.67. The highest BCUT2D eigenvalue weighted by Gasteiger charge is 2.42. The maximum Gasteiger partial charge on any atom is 0.254 e. The lowest BCUT2D eigenvalue weighted by molar-refractivity contribution is -0.0998. The minimum Gasteiger partial charge on any atom is -0.497 e. The van der Waals surface area contributed by atoms with Crippen molar-refractivity contribution in [1.82, 2.24) is 5.32 Å². The molecular weight excluding hydrogens is 306 g/mol. The Hall–Kier alpha value is -2.40. The van der Waals surface area contributed by atoms with Crippen LogP contribution in [0.1, 0.15) is 12.8 Å². The van der Waals surface area contributed by atoms with Crippen molar-refractivity contribution in [2.75, 3.05) is 27.3 Å². The summed E-state index contributed by atoms with van der Waals surface area (Å²) in [6.07, 6.45) is 1.70. The number of rotatable bonds is 3. The summed E-state index contributed by atoms with van der Waals surface area (Å²) in [5, 5.41) is 3.34. The molecule has 0 bridgehead atoms. The molecule has 4 rings (SSSR count). The highest BCUT2D eigenvalue weighted by atomic mass is 16.7. The van der Waals surface area contributed by atoms with Crippen LogP contribution >= 0.6 is 0 Å². The van der Waals surface area contributed by atoms with Gasteiger partial charge in [0.25, 0.3) is 5.79 Å². The number of methoxy groups -OCH3 is 2. The van der Waals surface area contributed by atoms with Gasteiger partial charge in [-0.1, -0.05) is 6.07 Å². The summed E-state index contributed by atoms with van der Waals surface area (Å²) >= 11 is 0. The van der Waals surface area contributed by atoms with Crippen molar-refractivity contribution in [2.45, 2.75) is 18.6 Å². The Labute approximate surface area is 141 Å². The topological polar surface area (TPSA) is 49.0 Å². The summed E-state index contributed by atoms with van der Waals surface area (Å²) in [6.45, 7) is 1.82. The van der Waals surface area contributed by atoms with Gasteiger partial charge in [-0.3, -0.25) is 0 Å². The second-order valence-corrected chi connectivity index (χ2v) is 6.09. The number of fused-ring (bicyclic) bond motifs is 1. The second-order valence-electron chi connectivity index (χ2n) is 6.09. The molecule has 0 saturated carbocycles. The van der Waals surface area contributed by atoms with E-state index < -0.39 is 5.79 Å². The monoisotopic (exact) mass is 327 g/mol. The van der Waals surface area contributed by atoms with Crippen LogP contribution in [0.2, 0.25) is 0 Å². The largest absolute Gasteiger partial charge is 0.497 e. The van der Waals surface area contributed by atoms with E-state index in [-0.39, 0.29) is 0 Å². The van der Waals surface area contributed by atoms with Crippen molar-refractivity contribution in [3.63, 3.8) is 0 Å². The molecular formula is C19H21NO4. The quantitative estimate of drug-likeness (QED) is 0.938. The summed E-state index contributed by atoms with van der Waals surface area (Å²) in [5.74, 6) is 2.64. The van der Waals surface area contributed by atoms with E-state index in [0.717, 1.165) is 60.1 Å². The highest BCUT2D eigenvalue weighted by molar-refractivity contribution is 5.74. The molecule has 2 aliphatic heterocycles. The zero-order chi connectivity index (χ0) is 16.6. The lowest BCUT2D eigenvalue weighted by atomic mass is 10.0. The third-order valence-corrected chi connectivity index (χ3v) is 4.62. The molecule has 24 heavy (non-hydrogen) atoms. The van der Waals surface area contributed by atoms with Crippen LogP contribution in [0.5, 0.6) is 23.0 Å². The average molecular weight is 327 g/mol. The zero-order valence-corrected chi connectivity index (χ0v) is 13.9. The van der Waals surface area contributed by atoms with Gasteiger partial charge >= 0.3 is 0 Å². The Morgan fingerprint density at radius 2 is 1.71 bits per heavy atom. The first-order valence-corrected chi connectivity index (χ1v) is 8.18. The van der Waals surface area contributed by atoms with Gasteiger partial charge in [-0.25, -0.2) is 0 Å². The molecule has 5 heteroatoms. The smallest absolute Gasteiger partial charge is 0.254 e. The maximum absolute atomic E-state index is 6.19. The van der Waals surface area contributed by atoms with Gasteiger partial charge in [-0.05, 0) is 29.8 Å². The lowest BCUT2D eigenvalue weighted by Crippen LogP contribution is -2.48. The van der Waals surface area contributed by atoms with Gasteiger partial charge in [0.1, 0.15) is 11.5 Å². The van der Waals surface area contributed by atoms with Gasteiger partial charge in [0.2, 0.25) is 0 Å². The van der Waals surface area contributed by atoms with Crippen molar-refractivity contribution in [1.29, 1.82) is 0 Å². The molecule has 5 nitrogen and oxygen atoms in total. The van der Waals surface area contributed by atoms with Crippen LogP contribution in [0.3, 0.4) is 0 Å². The van der Waals surface area contributed by atoms with Crippen LogP contribution in [0, 0.1) is 0 Å². The first-order chi connectivity index (χ1) is 11.7. The normalized spacial score (nSPS) is 17.8. The Morgan fingerprint density at radius 3 is 2.46 bits per heavy atom. The van der Waals surface area contributed by atoms with Crippen LogP contribution in [0.25, 0.3) is 11.1 Å². The fraction of sp³-hybridized carbons (Fsp3) is 0.368. The highest BCUT2D eigenvalue weighted by Crippen LogP contribution is 2.45. The van der Waals surface area contributed by atoms with Gasteiger partial charge < -0.3 is 24.3 Å². The third kappa shape index (κ3) is 2.55. The predicted molar refractivity (Wildman–Crippen MR) is 91.1 cm³/mol. The van der Waals surface area contributed by atoms with Crippen LogP contribution in [-0.4, -0.2) is 33.1 Å². The molecule has 2 heterocycles. The summed E-state index contributed by atoms with van der Waals surface area (Å²) < 4.78 is 23.1. The van der Waals surface area contributed by atoms with E-state index in [9.17, 15) is 0 Å². The van der Waals surface area contributed by atoms with Crippen LogP contribution in [-0.2, 0) is 0 Å². The zero-order valence-electron chi connectivity index (χ0n) is 13.9. The van der Waals surface area contributed by atoms with E-state index in [0.29, 0.717) is 0 Å². The van der Waals surface area contributed by atoms with Crippen molar-refractivity contribution in [3.05, 3.63) is 36.4 Å². The van der Waals surface area contributed by atoms with Crippen molar-refractivity contribution in [3.8, 4) is 34.1 Å². The molecule has 1 fully saturated rings. The number of hydrogen-bond donors (Lipinski definition) is 1. The van der Waals surface area contributed by atoms with E-state index in [1.54, 1.807) is 14.2 Å². The van der Waals surface area contributed by atoms with E-state index >= 15 is 0 Å². The summed E-state index contributed by atoms with van der Waals surface area (Å²) in [6, 6.07) is 11.8. The number of nitrogens with one attached hydrogen (secondary N) is 1. The van der Waals surface area contributed by atoms with Crippen LogP contribution < -0.4 is 24.3 Å². The molecule has 0 aliphatic carbocycles. The molecule has 0 radical (unpaired) electrons. The van der Waals surface area contributed by atoms with Crippen molar-refractivity contribution < 1.29 is 18.9 Å². The third-order valence-electron chi connectivity index (χ3n) is 4.62. The molecule has 1 saturated heterocycles. The molecule has 0 atom stereocenters. The van der Waals surface area contributed by atoms with Crippen molar-refractivity contribution >= 4 is 0 Å². The fourth-order valence-corrected chi connectivity index (χ4v) is 3.31. The van der Waals surface area contributed by atoms with Gasteiger partial charge in [0.15, 0.2) is 11.5 Å². The van der Waals surface area contributed by atoms with Crippen molar-refractivity contribution in [2.24, 2.45) is 0 Å². The summed E-state index contributed by atoms with van der Waals surface area (Å²) in [5.41, 5.74) is 2.03. The van der Waals surface area contributed by atoms with E-state index in [2.05, 4.69) is 5.32 Å². The van der Waals surface area contributed by atoms with E-state index in [4.69, 9.17) is 18.9 Å². The van der Waals surface area contributed by atoms with Crippen LogP contribution in [0.15, 0.2) is 36.4 Å². The van der Waals surface area contributed by atoms with Gasteiger partial charge in [-0.2, -0.15) is 0 Å². The first kappa shape index (κ1) is 15.1. The van der Waals surface area contributed by atoms with E-state index in [1.807, 2.05) is 36.4 Å². The second kappa shape index (κ2) is 5.91. The summed E-state index contributed by atoms with van der Waals surface area (Å²) in [4.78, 5) is 0. The number of piperidine rings is 1. The molecule has 2 aromatic carbocycles. The molecule has 1 N–H and O–H groups in total. The van der Waals surface area contributed by atoms with Gasteiger partial charge in [0.05, 0.1) is 14.2 Å². The van der Waals surface area contributed by atoms with Crippen LogP contribution in [0.4, 0.5) is 0 Å². The molecule has 1 spiro atoms.